The number of ether oxygens (including phenoxy) is 3. The van der Waals surface area contributed by atoms with E-state index in [0.717, 1.165) is 58.2 Å². The van der Waals surface area contributed by atoms with Gasteiger partial charge in [-0.05, 0) is 56.3 Å². The van der Waals surface area contributed by atoms with Crippen molar-refractivity contribution in [1.82, 2.24) is 0 Å². The summed E-state index contributed by atoms with van der Waals surface area (Å²) in [5.74, 6) is 2.15. The zero-order valence-electron chi connectivity index (χ0n) is 14.6. The van der Waals surface area contributed by atoms with Gasteiger partial charge in [-0.1, -0.05) is 6.92 Å². The first-order valence-corrected chi connectivity index (χ1v) is 10.0. The second-order valence-corrected chi connectivity index (χ2v) is 9.60. The maximum absolute atomic E-state index is 12.5. The van der Waals surface area contributed by atoms with E-state index in [9.17, 15) is 4.79 Å². The number of carbonyl (C=O) groups excluding carboxylic acids is 1. The Bertz CT molecular complexity index is 611. The van der Waals surface area contributed by atoms with Gasteiger partial charge >= 0.3 is 0 Å². The molecule has 0 N–H and O–H groups in total. The molecule has 0 aromatic rings. The van der Waals surface area contributed by atoms with Crippen molar-refractivity contribution in [1.29, 1.82) is 0 Å². The van der Waals surface area contributed by atoms with Crippen LogP contribution in [-0.4, -0.2) is 36.0 Å². The van der Waals surface area contributed by atoms with Crippen LogP contribution in [0.3, 0.4) is 0 Å². The molecule has 4 nitrogen and oxygen atoms in total. The summed E-state index contributed by atoms with van der Waals surface area (Å²) in [7, 11) is 0. The van der Waals surface area contributed by atoms with Crippen molar-refractivity contribution in [2.45, 2.75) is 81.7 Å². The second-order valence-electron chi connectivity index (χ2n) is 9.60. The minimum atomic E-state index is -0.348. The minimum Gasteiger partial charge on any atom is -0.362 e. The molecule has 6 fully saturated rings. The third kappa shape index (κ3) is 1.51. The van der Waals surface area contributed by atoms with Gasteiger partial charge in [-0.15, -0.1) is 0 Å². The molecule has 132 valence electrons. The highest BCUT2D eigenvalue weighted by Gasteiger charge is 2.80. The van der Waals surface area contributed by atoms with Crippen molar-refractivity contribution in [2.24, 2.45) is 23.2 Å². The van der Waals surface area contributed by atoms with Gasteiger partial charge in [-0.25, -0.2) is 0 Å². The van der Waals surface area contributed by atoms with Crippen LogP contribution in [-0.2, 0) is 19.0 Å². The molecule has 0 bridgehead atoms. The van der Waals surface area contributed by atoms with Gasteiger partial charge < -0.3 is 14.2 Å². The number of fused-ring (bicyclic) bond motifs is 3. The summed E-state index contributed by atoms with van der Waals surface area (Å²) >= 11 is 0. The van der Waals surface area contributed by atoms with E-state index < -0.39 is 0 Å². The monoisotopic (exact) mass is 332 g/mol. The zero-order valence-corrected chi connectivity index (χ0v) is 14.6. The molecule has 0 aromatic heterocycles. The predicted molar refractivity (Wildman–Crippen MR) is 86.3 cm³/mol. The van der Waals surface area contributed by atoms with Crippen molar-refractivity contribution in [3.63, 3.8) is 0 Å². The molecule has 2 saturated heterocycles. The van der Waals surface area contributed by atoms with Gasteiger partial charge in [-0.3, -0.25) is 4.79 Å². The van der Waals surface area contributed by atoms with E-state index >= 15 is 0 Å². The van der Waals surface area contributed by atoms with E-state index in [-0.39, 0.29) is 22.4 Å². The lowest BCUT2D eigenvalue weighted by Gasteiger charge is -2.52. The molecule has 4 aliphatic carbocycles. The predicted octanol–water partition coefficient (Wildman–Crippen LogP) is 3.23. The molecule has 0 radical (unpaired) electrons. The average molecular weight is 332 g/mol. The van der Waals surface area contributed by atoms with Crippen molar-refractivity contribution < 1.29 is 19.0 Å². The van der Waals surface area contributed by atoms with Crippen molar-refractivity contribution in [3.05, 3.63) is 0 Å². The van der Waals surface area contributed by atoms with E-state index in [0.29, 0.717) is 23.5 Å². The minimum absolute atomic E-state index is 0.0209. The smallest absolute Gasteiger partial charge is 0.171 e. The van der Waals surface area contributed by atoms with Crippen LogP contribution >= 0.6 is 0 Å². The molecule has 4 saturated carbocycles. The summed E-state index contributed by atoms with van der Waals surface area (Å²) in [5, 5.41) is 0. The fourth-order valence-corrected chi connectivity index (χ4v) is 7.82. The molecule has 0 aromatic carbocycles. The van der Waals surface area contributed by atoms with E-state index in [1.807, 2.05) is 0 Å². The quantitative estimate of drug-likeness (QED) is 0.639. The van der Waals surface area contributed by atoms with Gasteiger partial charge in [0.05, 0.1) is 13.2 Å². The number of Topliss-reactive ketones (excluding diaryl/α,β-unsaturated/α-hetero) is 1. The van der Waals surface area contributed by atoms with Gasteiger partial charge in [0.25, 0.3) is 0 Å². The first-order chi connectivity index (χ1) is 11.5. The molecule has 3 unspecified atom stereocenters. The SMILES string of the molecule is C[C@]12CCC3C(CC[C@@]45CC6(CC[C@@]34O5)OCCO6)C1CCC2=O. The van der Waals surface area contributed by atoms with Gasteiger partial charge in [0.15, 0.2) is 5.79 Å². The highest BCUT2D eigenvalue weighted by molar-refractivity contribution is 5.87. The van der Waals surface area contributed by atoms with Crippen LogP contribution < -0.4 is 0 Å². The Morgan fingerprint density at radius 1 is 0.958 bits per heavy atom. The normalized spacial score (nSPS) is 57.2. The second kappa shape index (κ2) is 4.27. The largest absolute Gasteiger partial charge is 0.362 e. The molecular formula is C20H28O4. The van der Waals surface area contributed by atoms with Crippen LogP contribution in [0, 0.1) is 23.2 Å². The van der Waals surface area contributed by atoms with Crippen molar-refractivity contribution >= 4 is 5.78 Å². The molecule has 0 amide bonds. The van der Waals surface area contributed by atoms with Gasteiger partial charge in [-0.2, -0.15) is 0 Å². The molecule has 6 aliphatic rings. The molecule has 6 rings (SSSR count). The Balaban J connectivity index is 1.32. The number of carbonyl (C=O) groups is 1. The van der Waals surface area contributed by atoms with Crippen LogP contribution in [0.5, 0.6) is 0 Å². The highest BCUT2D eigenvalue weighted by Crippen LogP contribution is 2.74. The maximum atomic E-state index is 12.5. The molecule has 1 spiro atoms. The topological polar surface area (TPSA) is 48.1 Å². The maximum Gasteiger partial charge on any atom is 0.171 e. The zero-order chi connectivity index (χ0) is 16.2. The summed E-state index contributed by atoms with van der Waals surface area (Å²) in [4.78, 5) is 12.5. The summed E-state index contributed by atoms with van der Waals surface area (Å²) in [6.45, 7) is 3.72. The number of hydrogen-bond acceptors (Lipinski definition) is 4. The van der Waals surface area contributed by atoms with Crippen molar-refractivity contribution in [2.75, 3.05) is 13.2 Å². The molecule has 2 heterocycles. The van der Waals surface area contributed by atoms with Gasteiger partial charge in [0.2, 0.25) is 0 Å². The highest BCUT2D eigenvalue weighted by atomic mass is 16.7. The fourth-order valence-electron chi connectivity index (χ4n) is 7.82. The lowest BCUT2D eigenvalue weighted by atomic mass is 9.50. The van der Waals surface area contributed by atoms with Gasteiger partial charge in [0.1, 0.15) is 17.0 Å². The first kappa shape index (κ1) is 14.7. The molecule has 24 heavy (non-hydrogen) atoms. The summed E-state index contributed by atoms with van der Waals surface area (Å²) in [5.41, 5.74) is 0.0802. The third-order valence-electron chi connectivity index (χ3n) is 8.98. The third-order valence-corrected chi connectivity index (χ3v) is 8.98. The lowest BCUT2D eigenvalue weighted by molar-refractivity contribution is -0.190. The van der Waals surface area contributed by atoms with E-state index in [1.165, 1.54) is 12.8 Å². The lowest BCUT2D eigenvalue weighted by Crippen LogP contribution is -2.56. The Morgan fingerprint density at radius 2 is 1.79 bits per heavy atom. The fraction of sp³-hybridized carbons (Fsp3) is 0.950. The van der Waals surface area contributed by atoms with Crippen LogP contribution in [0.15, 0.2) is 0 Å². The molecule has 6 atom stereocenters. The number of hydrogen-bond donors (Lipinski definition) is 0. The van der Waals surface area contributed by atoms with E-state index in [4.69, 9.17) is 14.2 Å². The van der Waals surface area contributed by atoms with Gasteiger partial charge in [0, 0.05) is 24.7 Å². The van der Waals surface area contributed by atoms with E-state index in [2.05, 4.69) is 6.92 Å². The van der Waals surface area contributed by atoms with Crippen molar-refractivity contribution in [3.8, 4) is 0 Å². The molecule has 4 heteroatoms. The molecular weight excluding hydrogens is 304 g/mol. The summed E-state index contributed by atoms with van der Waals surface area (Å²) < 4.78 is 18.6. The van der Waals surface area contributed by atoms with E-state index in [1.54, 1.807) is 0 Å². The molecule has 2 aliphatic heterocycles. The Morgan fingerprint density at radius 3 is 2.62 bits per heavy atom. The summed E-state index contributed by atoms with van der Waals surface area (Å²) in [6, 6.07) is 0. The average Bonchev–Trinajstić information content (AvgIpc) is 2.88. The Kier molecular flexibility index (Phi) is 2.61. The number of epoxide rings is 1. The summed E-state index contributed by atoms with van der Waals surface area (Å²) in [6.07, 6.45) is 9.58. The first-order valence-electron chi connectivity index (χ1n) is 10.0. The van der Waals surface area contributed by atoms with Crippen LogP contribution in [0.1, 0.15) is 64.7 Å². The Labute approximate surface area is 143 Å². The standard InChI is InChI=1S/C20H28O4/c1-17-6-5-15-13(14(17)2-3-16(17)21)4-7-18-12-19(22-10-11-23-19)8-9-20(15,18)24-18/h13-15H,2-12H2,1H3/t13?,14?,15?,17-,18+,20+/m0/s1. The van der Waals surface area contributed by atoms with Crippen LogP contribution in [0.4, 0.5) is 0 Å². The van der Waals surface area contributed by atoms with Crippen LogP contribution in [0.2, 0.25) is 0 Å². The Hall–Kier alpha value is -0.450. The number of ketones is 1. The van der Waals surface area contributed by atoms with Crippen LogP contribution in [0.25, 0.3) is 0 Å². The number of rotatable bonds is 0.